The molecular formula is C20H20FNO. The molecule has 2 fully saturated rings. The Morgan fingerprint density at radius 2 is 1.74 bits per heavy atom. The first-order valence-electron chi connectivity index (χ1n) is 8.33. The summed E-state index contributed by atoms with van der Waals surface area (Å²) < 4.78 is 13.9. The molecule has 3 heteroatoms. The molecule has 2 unspecified atom stereocenters. The van der Waals surface area contributed by atoms with Crippen molar-refractivity contribution < 1.29 is 9.18 Å². The molecule has 118 valence electrons. The normalized spacial score (nSPS) is 22.7. The summed E-state index contributed by atoms with van der Waals surface area (Å²) in [6.45, 7) is 0.671. The first-order chi connectivity index (χ1) is 11.2. The minimum Gasteiger partial charge on any atom is -0.335 e. The Balaban J connectivity index is 1.48. The van der Waals surface area contributed by atoms with Crippen molar-refractivity contribution in [2.75, 3.05) is 0 Å². The van der Waals surface area contributed by atoms with Gasteiger partial charge in [-0.15, -0.1) is 0 Å². The van der Waals surface area contributed by atoms with Gasteiger partial charge in [-0.25, -0.2) is 4.39 Å². The fraction of sp³-hybridized carbons (Fsp3) is 0.350. The summed E-state index contributed by atoms with van der Waals surface area (Å²) in [6.07, 6.45) is 2.96. The van der Waals surface area contributed by atoms with Crippen LogP contribution in [-0.2, 0) is 11.3 Å². The van der Waals surface area contributed by atoms with Gasteiger partial charge >= 0.3 is 0 Å². The molecule has 2 aromatic rings. The summed E-state index contributed by atoms with van der Waals surface area (Å²) in [5.41, 5.74) is 1.86. The lowest BCUT2D eigenvalue weighted by Crippen LogP contribution is -2.34. The van der Waals surface area contributed by atoms with Crippen LogP contribution in [0.25, 0.3) is 0 Å². The zero-order chi connectivity index (χ0) is 15.8. The second-order valence-electron chi connectivity index (χ2n) is 6.65. The van der Waals surface area contributed by atoms with Gasteiger partial charge in [-0.3, -0.25) is 4.79 Å². The van der Waals surface area contributed by atoms with E-state index in [1.165, 1.54) is 6.07 Å². The van der Waals surface area contributed by atoms with Crippen molar-refractivity contribution in [2.24, 2.45) is 5.92 Å². The fourth-order valence-electron chi connectivity index (χ4n) is 3.35. The summed E-state index contributed by atoms with van der Waals surface area (Å²) in [5, 5.41) is 0. The van der Waals surface area contributed by atoms with Crippen molar-refractivity contribution in [3.8, 4) is 0 Å². The Labute approximate surface area is 135 Å². The Morgan fingerprint density at radius 3 is 2.43 bits per heavy atom. The number of rotatable bonds is 5. The molecule has 2 atom stereocenters. The minimum atomic E-state index is -0.186. The maximum atomic E-state index is 13.9. The van der Waals surface area contributed by atoms with Crippen LogP contribution in [0.15, 0.2) is 54.6 Å². The van der Waals surface area contributed by atoms with Crippen LogP contribution >= 0.6 is 0 Å². The number of halogens is 1. The first-order valence-corrected chi connectivity index (χ1v) is 8.33. The van der Waals surface area contributed by atoms with Gasteiger partial charge in [0.05, 0.1) is 0 Å². The van der Waals surface area contributed by atoms with E-state index in [4.69, 9.17) is 0 Å². The van der Waals surface area contributed by atoms with Gasteiger partial charge in [-0.1, -0.05) is 48.5 Å². The monoisotopic (exact) mass is 309 g/mol. The Morgan fingerprint density at radius 1 is 1.04 bits per heavy atom. The van der Waals surface area contributed by atoms with Crippen LogP contribution in [-0.4, -0.2) is 16.8 Å². The highest BCUT2D eigenvalue weighted by Crippen LogP contribution is 2.50. The molecule has 0 radical (unpaired) electrons. The molecule has 2 aliphatic carbocycles. The van der Waals surface area contributed by atoms with Crippen LogP contribution in [0.5, 0.6) is 0 Å². The van der Waals surface area contributed by atoms with Crippen LogP contribution in [0.1, 0.15) is 36.3 Å². The first kappa shape index (κ1) is 14.4. The topological polar surface area (TPSA) is 20.3 Å². The van der Waals surface area contributed by atoms with Crippen LogP contribution < -0.4 is 0 Å². The lowest BCUT2D eigenvalue weighted by Gasteiger charge is -2.23. The number of benzene rings is 2. The molecule has 0 aromatic heterocycles. The highest BCUT2D eigenvalue weighted by molar-refractivity contribution is 5.83. The van der Waals surface area contributed by atoms with E-state index < -0.39 is 0 Å². The van der Waals surface area contributed by atoms with Crippen LogP contribution in [0.2, 0.25) is 0 Å². The van der Waals surface area contributed by atoms with Gasteiger partial charge in [0.25, 0.3) is 0 Å². The highest BCUT2D eigenvalue weighted by atomic mass is 19.1. The summed E-state index contributed by atoms with van der Waals surface area (Å²) in [5.74, 6) is 0.0235. The van der Waals surface area contributed by atoms with E-state index in [1.54, 1.807) is 6.07 Å². The largest absolute Gasteiger partial charge is 0.335 e. The molecular weight excluding hydrogens is 289 g/mol. The fourth-order valence-corrected chi connectivity index (χ4v) is 3.35. The van der Waals surface area contributed by atoms with E-state index in [9.17, 15) is 9.18 Å². The third kappa shape index (κ3) is 3.00. The number of nitrogens with zero attached hydrogens (tertiary/aromatic N) is 1. The zero-order valence-corrected chi connectivity index (χ0v) is 13.0. The average Bonchev–Trinajstić information content (AvgIpc) is 3.47. The molecule has 0 aliphatic heterocycles. The molecule has 1 amide bonds. The summed E-state index contributed by atoms with van der Waals surface area (Å²) in [4.78, 5) is 14.9. The van der Waals surface area contributed by atoms with E-state index in [-0.39, 0.29) is 23.6 Å². The van der Waals surface area contributed by atoms with Crippen molar-refractivity contribution >= 4 is 5.91 Å². The van der Waals surface area contributed by atoms with Crippen molar-refractivity contribution in [1.29, 1.82) is 0 Å². The van der Waals surface area contributed by atoms with Gasteiger partial charge in [0.15, 0.2) is 0 Å². The Kier molecular flexibility index (Phi) is 3.64. The van der Waals surface area contributed by atoms with E-state index >= 15 is 0 Å². The van der Waals surface area contributed by atoms with Crippen molar-refractivity contribution in [1.82, 2.24) is 4.90 Å². The summed E-state index contributed by atoms with van der Waals surface area (Å²) in [6, 6.07) is 17.3. The number of amides is 1. The number of carbonyl (C=O) groups is 1. The van der Waals surface area contributed by atoms with E-state index in [1.807, 2.05) is 35.2 Å². The van der Waals surface area contributed by atoms with Crippen molar-refractivity contribution in [2.45, 2.75) is 37.8 Å². The minimum absolute atomic E-state index is 0.0452. The van der Waals surface area contributed by atoms with Crippen molar-refractivity contribution in [3.63, 3.8) is 0 Å². The van der Waals surface area contributed by atoms with Crippen LogP contribution in [0.4, 0.5) is 4.39 Å². The van der Waals surface area contributed by atoms with E-state index in [0.717, 1.165) is 24.8 Å². The lowest BCUT2D eigenvalue weighted by molar-refractivity contribution is -0.133. The van der Waals surface area contributed by atoms with Gasteiger partial charge < -0.3 is 4.90 Å². The van der Waals surface area contributed by atoms with Gasteiger partial charge in [0.2, 0.25) is 5.91 Å². The summed E-state index contributed by atoms with van der Waals surface area (Å²) >= 11 is 0. The standard InChI is InChI=1S/C20H20FNO/c21-19-9-5-4-8-16(19)17-12-18(17)20(23)22(15-10-11-15)13-14-6-2-1-3-7-14/h1-9,15,17-18H,10-13H2. The molecule has 0 N–H and O–H groups in total. The van der Waals surface area contributed by atoms with E-state index in [2.05, 4.69) is 12.1 Å². The second kappa shape index (κ2) is 5.80. The number of hydrogen-bond acceptors (Lipinski definition) is 1. The van der Waals surface area contributed by atoms with Gasteiger partial charge in [0.1, 0.15) is 5.82 Å². The predicted molar refractivity (Wildman–Crippen MR) is 87.3 cm³/mol. The van der Waals surface area contributed by atoms with Crippen LogP contribution in [0, 0.1) is 11.7 Å². The lowest BCUT2D eigenvalue weighted by atomic mass is 10.1. The van der Waals surface area contributed by atoms with Crippen LogP contribution in [0.3, 0.4) is 0 Å². The molecule has 0 spiro atoms. The number of hydrogen-bond donors (Lipinski definition) is 0. The zero-order valence-electron chi connectivity index (χ0n) is 13.0. The maximum Gasteiger partial charge on any atom is 0.226 e. The Hall–Kier alpha value is -2.16. The SMILES string of the molecule is O=C(C1CC1c1ccccc1F)N(Cc1ccccc1)C1CC1. The van der Waals surface area contributed by atoms with Crippen molar-refractivity contribution in [3.05, 3.63) is 71.5 Å². The molecule has 0 bridgehead atoms. The third-order valence-corrected chi connectivity index (χ3v) is 4.88. The maximum absolute atomic E-state index is 13.9. The van der Waals surface area contributed by atoms with E-state index in [0.29, 0.717) is 18.2 Å². The highest BCUT2D eigenvalue weighted by Gasteiger charge is 2.48. The smallest absolute Gasteiger partial charge is 0.226 e. The summed E-state index contributed by atoms with van der Waals surface area (Å²) in [7, 11) is 0. The third-order valence-electron chi connectivity index (χ3n) is 4.88. The average molecular weight is 309 g/mol. The molecule has 2 nitrogen and oxygen atoms in total. The number of carbonyl (C=O) groups excluding carboxylic acids is 1. The molecule has 0 heterocycles. The molecule has 2 aliphatic rings. The molecule has 23 heavy (non-hydrogen) atoms. The molecule has 0 saturated heterocycles. The molecule has 2 saturated carbocycles. The second-order valence-corrected chi connectivity index (χ2v) is 6.65. The van der Waals surface area contributed by atoms with Gasteiger partial charge in [-0.2, -0.15) is 0 Å². The predicted octanol–water partition coefficient (Wildman–Crippen LogP) is 4.12. The quantitative estimate of drug-likeness (QED) is 0.813. The Bertz CT molecular complexity index is 711. The molecule has 2 aromatic carbocycles. The van der Waals surface area contributed by atoms with Gasteiger partial charge in [-0.05, 0) is 42.4 Å². The molecule has 4 rings (SSSR count). The van der Waals surface area contributed by atoms with Gasteiger partial charge in [0, 0.05) is 18.5 Å².